The molecular weight excluding hydrogens is 160 g/mol. The summed E-state index contributed by atoms with van der Waals surface area (Å²) < 4.78 is 0. The van der Waals surface area contributed by atoms with Crippen LogP contribution in [0.5, 0.6) is 0 Å². The van der Waals surface area contributed by atoms with Crippen molar-refractivity contribution < 1.29 is 4.79 Å². The first-order valence-electron chi connectivity index (χ1n) is 5.78. The van der Waals surface area contributed by atoms with Gasteiger partial charge in [-0.1, -0.05) is 0 Å². The van der Waals surface area contributed by atoms with Crippen LogP contribution in [-0.4, -0.2) is 6.29 Å². The molecule has 2 bridgehead atoms. The van der Waals surface area contributed by atoms with Crippen LogP contribution >= 0.6 is 0 Å². The molecule has 0 spiro atoms. The summed E-state index contributed by atoms with van der Waals surface area (Å²) in [5, 5.41) is 0. The minimum atomic E-state index is 0.678. The monoisotopic (exact) mass is 180 g/mol. The molecule has 13 heavy (non-hydrogen) atoms. The molecule has 0 unspecified atom stereocenters. The van der Waals surface area contributed by atoms with E-state index in [1.165, 1.54) is 44.9 Å². The zero-order valence-electron chi connectivity index (χ0n) is 8.43. The largest absolute Gasteiger partial charge is 0.303 e. The van der Waals surface area contributed by atoms with Gasteiger partial charge in [0.15, 0.2) is 0 Å². The number of aldehydes is 1. The molecule has 0 N–H and O–H groups in total. The van der Waals surface area contributed by atoms with Gasteiger partial charge in [-0.3, -0.25) is 0 Å². The summed E-state index contributed by atoms with van der Waals surface area (Å²) in [4.78, 5) is 10.2. The molecule has 0 aromatic rings. The maximum absolute atomic E-state index is 10.2. The highest BCUT2D eigenvalue weighted by Crippen LogP contribution is 2.52. The second-order valence-corrected chi connectivity index (χ2v) is 5.04. The van der Waals surface area contributed by atoms with Gasteiger partial charge in [-0.05, 0) is 62.7 Å². The SMILES string of the molecule is O=CCCCC12CCC(CC1)CC2. The van der Waals surface area contributed by atoms with E-state index in [1.54, 1.807) is 0 Å². The molecule has 3 aliphatic rings. The van der Waals surface area contributed by atoms with E-state index >= 15 is 0 Å². The van der Waals surface area contributed by atoms with Gasteiger partial charge in [-0.15, -0.1) is 0 Å². The van der Waals surface area contributed by atoms with Crippen LogP contribution in [0.2, 0.25) is 0 Å². The Labute approximate surface area is 80.9 Å². The second-order valence-electron chi connectivity index (χ2n) is 5.04. The predicted molar refractivity (Wildman–Crippen MR) is 53.5 cm³/mol. The topological polar surface area (TPSA) is 17.1 Å². The second kappa shape index (κ2) is 3.81. The number of rotatable bonds is 4. The lowest BCUT2D eigenvalue weighted by Crippen LogP contribution is -2.33. The lowest BCUT2D eigenvalue weighted by Gasteiger charge is -2.46. The molecule has 0 aromatic carbocycles. The van der Waals surface area contributed by atoms with Crippen LogP contribution in [0.15, 0.2) is 0 Å². The van der Waals surface area contributed by atoms with Gasteiger partial charge >= 0.3 is 0 Å². The highest BCUT2D eigenvalue weighted by molar-refractivity contribution is 5.48. The summed E-state index contributed by atoms with van der Waals surface area (Å²) in [5.41, 5.74) is 0.678. The molecule has 3 fully saturated rings. The van der Waals surface area contributed by atoms with E-state index in [1.807, 2.05) is 0 Å². The summed E-state index contributed by atoms with van der Waals surface area (Å²) in [6, 6.07) is 0. The van der Waals surface area contributed by atoms with Gasteiger partial charge in [0.2, 0.25) is 0 Å². The van der Waals surface area contributed by atoms with E-state index < -0.39 is 0 Å². The number of carbonyl (C=O) groups excluding carboxylic acids is 1. The minimum Gasteiger partial charge on any atom is -0.303 e. The van der Waals surface area contributed by atoms with Crippen LogP contribution < -0.4 is 0 Å². The summed E-state index contributed by atoms with van der Waals surface area (Å²) in [6.07, 6.45) is 13.1. The van der Waals surface area contributed by atoms with E-state index in [-0.39, 0.29) is 0 Å². The summed E-state index contributed by atoms with van der Waals surface area (Å²) >= 11 is 0. The normalized spacial score (nSPS) is 37.7. The maximum Gasteiger partial charge on any atom is 0.119 e. The Morgan fingerprint density at radius 1 is 1.15 bits per heavy atom. The molecule has 3 aliphatic carbocycles. The molecule has 1 heteroatoms. The van der Waals surface area contributed by atoms with Crippen molar-refractivity contribution in [1.29, 1.82) is 0 Å². The average molecular weight is 180 g/mol. The van der Waals surface area contributed by atoms with Gasteiger partial charge in [0.05, 0.1) is 0 Å². The molecule has 3 saturated carbocycles. The Morgan fingerprint density at radius 3 is 2.31 bits per heavy atom. The van der Waals surface area contributed by atoms with Gasteiger partial charge in [0.25, 0.3) is 0 Å². The van der Waals surface area contributed by atoms with Gasteiger partial charge in [-0.2, -0.15) is 0 Å². The highest BCUT2D eigenvalue weighted by atomic mass is 16.1. The molecule has 0 radical (unpaired) electrons. The molecule has 0 atom stereocenters. The first-order valence-corrected chi connectivity index (χ1v) is 5.78. The van der Waals surface area contributed by atoms with Crippen molar-refractivity contribution >= 4 is 6.29 Å². The Morgan fingerprint density at radius 2 is 1.77 bits per heavy atom. The fraction of sp³-hybridized carbons (Fsp3) is 0.917. The molecule has 3 rings (SSSR count). The number of hydrogen-bond acceptors (Lipinski definition) is 1. The number of fused-ring (bicyclic) bond motifs is 3. The fourth-order valence-electron chi connectivity index (χ4n) is 3.27. The van der Waals surface area contributed by atoms with Crippen molar-refractivity contribution in [3.05, 3.63) is 0 Å². The predicted octanol–water partition coefficient (Wildman–Crippen LogP) is 3.33. The molecule has 0 heterocycles. The van der Waals surface area contributed by atoms with Crippen LogP contribution in [0.25, 0.3) is 0 Å². The van der Waals surface area contributed by atoms with E-state index in [4.69, 9.17) is 0 Å². The molecular formula is C12H20O. The zero-order valence-corrected chi connectivity index (χ0v) is 8.43. The number of unbranched alkanes of at least 4 members (excludes halogenated alkanes) is 1. The summed E-state index contributed by atoms with van der Waals surface area (Å²) in [5.74, 6) is 1.06. The third kappa shape index (κ3) is 1.95. The van der Waals surface area contributed by atoms with Crippen LogP contribution in [-0.2, 0) is 4.79 Å². The minimum absolute atomic E-state index is 0.678. The van der Waals surface area contributed by atoms with Crippen molar-refractivity contribution in [3.63, 3.8) is 0 Å². The standard InChI is InChI=1S/C12H20O/c13-10-2-1-6-12-7-3-11(4-8-12)5-9-12/h10-11H,1-9H2. The lowest BCUT2D eigenvalue weighted by atomic mass is 9.59. The molecule has 0 aliphatic heterocycles. The van der Waals surface area contributed by atoms with Crippen molar-refractivity contribution in [1.82, 2.24) is 0 Å². The Hall–Kier alpha value is -0.330. The lowest BCUT2D eigenvalue weighted by molar-refractivity contribution is -0.108. The maximum atomic E-state index is 10.2. The molecule has 74 valence electrons. The van der Waals surface area contributed by atoms with Gasteiger partial charge in [0.1, 0.15) is 6.29 Å². The van der Waals surface area contributed by atoms with E-state index in [0.717, 1.165) is 25.0 Å². The average Bonchev–Trinajstić information content (AvgIpc) is 2.21. The van der Waals surface area contributed by atoms with Crippen molar-refractivity contribution in [3.8, 4) is 0 Å². The smallest absolute Gasteiger partial charge is 0.119 e. The van der Waals surface area contributed by atoms with Crippen LogP contribution in [0, 0.1) is 11.3 Å². The molecule has 0 amide bonds. The third-order valence-corrected chi connectivity index (χ3v) is 4.28. The van der Waals surface area contributed by atoms with Crippen LogP contribution in [0.4, 0.5) is 0 Å². The quantitative estimate of drug-likeness (QED) is 0.479. The van der Waals surface area contributed by atoms with Crippen molar-refractivity contribution in [2.75, 3.05) is 0 Å². The Bertz CT molecular complexity index is 164. The number of hydrogen-bond donors (Lipinski definition) is 0. The number of carbonyl (C=O) groups is 1. The summed E-state index contributed by atoms with van der Waals surface area (Å²) in [7, 11) is 0. The summed E-state index contributed by atoms with van der Waals surface area (Å²) in [6.45, 7) is 0. The molecule has 0 aromatic heterocycles. The Balaban J connectivity index is 1.84. The third-order valence-electron chi connectivity index (χ3n) is 4.28. The van der Waals surface area contributed by atoms with E-state index in [2.05, 4.69) is 0 Å². The van der Waals surface area contributed by atoms with Crippen LogP contribution in [0.1, 0.15) is 57.8 Å². The first-order chi connectivity index (χ1) is 6.35. The zero-order chi connectivity index (χ0) is 9.15. The Kier molecular flexibility index (Phi) is 2.71. The van der Waals surface area contributed by atoms with Crippen LogP contribution in [0.3, 0.4) is 0 Å². The highest BCUT2D eigenvalue weighted by Gasteiger charge is 2.39. The van der Waals surface area contributed by atoms with Gasteiger partial charge in [0, 0.05) is 6.42 Å². The fourth-order valence-corrected chi connectivity index (χ4v) is 3.27. The van der Waals surface area contributed by atoms with E-state index in [9.17, 15) is 4.79 Å². The van der Waals surface area contributed by atoms with Crippen molar-refractivity contribution in [2.45, 2.75) is 57.8 Å². The van der Waals surface area contributed by atoms with Gasteiger partial charge < -0.3 is 4.79 Å². The van der Waals surface area contributed by atoms with Gasteiger partial charge in [-0.25, -0.2) is 0 Å². The van der Waals surface area contributed by atoms with E-state index in [0.29, 0.717) is 5.41 Å². The molecule has 0 saturated heterocycles. The first kappa shape index (κ1) is 9.23. The van der Waals surface area contributed by atoms with Crippen molar-refractivity contribution in [2.24, 2.45) is 11.3 Å². The molecule has 1 nitrogen and oxygen atoms in total.